The van der Waals surface area contributed by atoms with E-state index in [1.807, 2.05) is 4.90 Å². The van der Waals surface area contributed by atoms with Crippen LogP contribution < -0.4 is 10.2 Å². The Morgan fingerprint density at radius 3 is 2.54 bits per heavy atom. The second-order valence-corrected chi connectivity index (χ2v) is 7.76. The number of hydrogen-bond acceptors (Lipinski definition) is 5. The molecule has 0 spiro atoms. The molecule has 7 nitrogen and oxygen atoms in total. The second-order valence-electron chi connectivity index (χ2n) is 7.76. The molecule has 2 saturated heterocycles. The molecule has 1 aromatic rings. The molecule has 3 unspecified atom stereocenters. The van der Waals surface area contributed by atoms with Crippen molar-refractivity contribution in [2.75, 3.05) is 11.4 Å². The SMILES string of the molecule is O=C1CCC(N2C(=O)c3cc(F)c(N4CC5C=CCC4C5)cc3C2=O)C(=O)N1. The van der Waals surface area contributed by atoms with Crippen LogP contribution in [-0.4, -0.2) is 47.2 Å². The van der Waals surface area contributed by atoms with E-state index in [0.717, 1.165) is 23.8 Å². The zero-order valence-electron chi connectivity index (χ0n) is 15.0. The fourth-order valence-electron chi connectivity index (χ4n) is 4.74. The highest BCUT2D eigenvalue weighted by atomic mass is 19.1. The summed E-state index contributed by atoms with van der Waals surface area (Å²) in [5.74, 6) is -2.59. The van der Waals surface area contributed by atoms with Crippen molar-refractivity contribution in [3.8, 4) is 0 Å². The number of nitrogens with one attached hydrogen (secondary N) is 1. The third-order valence-electron chi connectivity index (χ3n) is 6.08. The first kappa shape index (κ1) is 17.1. The van der Waals surface area contributed by atoms with Gasteiger partial charge in [-0.3, -0.25) is 29.4 Å². The Morgan fingerprint density at radius 1 is 1.07 bits per heavy atom. The topological polar surface area (TPSA) is 86.8 Å². The minimum Gasteiger partial charge on any atom is -0.365 e. The molecular weight excluding hydrogens is 365 g/mol. The van der Waals surface area contributed by atoms with Crippen molar-refractivity contribution in [2.45, 2.75) is 37.8 Å². The number of hydrogen-bond donors (Lipinski definition) is 1. The summed E-state index contributed by atoms with van der Waals surface area (Å²) < 4.78 is 14.9. The molecule has 4 aliphatic rings. The summed E-state index contributed by atoms with van der Waals surface area (Å²) in [6.07, 6.45) is 6.13. The first-order valence-electron chi connectivity index (χ1n) is 9.42. The number of carbonyl (C=O) groups is 4. The van der Waals surface area contributed by atoms with Gasteiger partial charge in [-0.05, 0) is 37.3 Å². The predicted octanol–water partition coefficient (Wildman–Crippen LogP) is 1.38. The van der Waals surface area contributed by atoms with E-state index in [1.54, 1.807) is 0 Å². The third kappa shape index (κ3) is 2.40. The Labute approximate surface area is 160 Å². The molecule has 3 aliphatic heterocycles. The van der Waals surface area contributed by atoms with Crippen molar-refractivity contribution in [2.24, 2.45) is 5.92 Å². The minimum atomic E-state index is -1.05. The lowest BCUT2D eigenvalue weighted by Crippen LogP contribution is -2.54. The van der Waals surface area contributed by atoms with Gasteiger partial charge in [0, 0.05) is 19.0 Å². The smallest absolute Gasteiger partial charge is 0.262 e. The molecule has 8 heteroatoms. The Bertz CT molecular complexity index is 972. The van der Waals surface area contributed by atoms with Crippen molar-refractivity contribution in [3.63, 3.8) is 0 Å². The van der Waals surface area contributed by atoms with Crippen molar-refractivity contribution in [3.05, 3.63) is 41.2 Å². The molecule has 28 heavy (non-hydrogen) atoms. The second kappa shape index (κ2) is 5.98. The van der Waals surface area contributed by atoms with Crippen LogP contribution in [0.5, 0.6) is 0 Å². The molecule has 3 atom stereocenters. The van der Waals surface area contributed by atoms with Crippen LogP contribution in [0.4, 0.5) is 10.1 Å². The third-order valence-corrected chi connectivity index (χ3v) is 6.08. The van der Waals surface area contributed by atoms with Crippen molar-refractivity contribution < 1.29 is 23.6 Å². The Kier molecular flexibility index (Phi) is 3.65. The van der Waals surface area contributed by atoms with E-state index in [9.17, 15) is 23.6 Å². The number of benzene rings is 1. The predicted molar refractivity (Wildman–Crippen MR) is 96.1 cm³/mol. The van der Waals surface area contributed by atoms with Crippen LogP contribution in [-0.2, 0) is 9.59 Å². The molecule has 0 saturated carbocycles. The number of amides is 4. The summed E-state index contributed by atoms with van der Waals surface area (Å²) in [5.41, 5.74) is 0.401. The summed E-state index contributed by atoms with van der Waals surface area (Å²) >= 11 is 0. The van der Waals surface area contributed by atoms with Crippen LogP contribution in [0.1, 0.15) is 46.4 Å². The van der Waals surface area contributed by atoms with Gasteiger partial charge in [-0.15, -0.1) is 0 Å². The summed E-state index contributed by atoms with van der Waals surface area (Å²) in [7, 11) is 0. The molecular formula is C20H18FN3O4. The number of carbonyl (C=O) groups excluding carboxylic acids is 4. The maximum atomic E-state index is 14.9. The number of imide groups is 2. The fraction of sp³-hybridized carbons (Fsp3) is 0.400. The summed E-state index contributed by atoms with van der Waals surface area (Å²) in [4.78, 5) is 52.0. The van der Waals surface area contributed by atoms with Crippen molar-refractivity contribution in [1.29, 1.82) is 0 Å². The molecule has 2 bridgehead atoms. The highest BCUT2D eigenvalue weighted by molar-refractivity contribution is 6.23. The van der Waals surface area contributed by atoms with Crippen LogP contribution in [0.3, 0.4) is 0 Å². The number of fused-ring (bicyclic) bond motifs is 3. The first-order chi connectivity index (χ1) is 13.4. The zero-order valence-corrected chi connectivity index (χ0v) is 15.0. The van der Waals surface area contributed by atoms with Crippen LogP contribution in [0.25, 0.3) is 0 Å². The van der Waals surface area contributed by atoms with E-state index in [4.69, 9.17) is 0 Å². The highest BCUT2D eigenvalue weighted by Gasteiger charge is 2.45. The molecule has 4 amide bonds. The van der Waals surface area contributed by atoms with Crippen molar-refractivity contribution >= 4 is 29.3 Å². The first-order valence-corrected chi connectivity index (χ1v) is 9.42. The van der Waals surface area contributed by atoms with E-state index >= 15 is 0 Å². The van der Waals surface area contributed by atoms with Gasteiger partial charge in [0.2, 0.25) is 11.8 Å². The van der Waals surface area contributed by atoms with Gasteiger partial charge in [-0.2, -0.15) is 0 Å². The number of anilines is 1. The van der Waals surface area contributed by atoms with E-state index in [-0.39, 0.29) is 30.0 Å². The van der Waals surface area contributed by atoms with Gasteiger partial charge in [0.15, 0.2) is 0 Å². The average Bonchev–Trinajstić information content (AvgIpc) is 3.08. The van der Waals surface area contributed by atoms with Crippen LogP contribution >= 0.6 is 0 Å². The number of piperidine rings is 1. The van der Waals surface area contributed by atoms with Gasteiger partial charge < -0.3 is 4.90 Å². The molecule has 2 fully saturated rings. The normalized spacial score (nSPS) is 28.8. The number of halogens is 1. The van der Waals surface area contributed by atoms with Crippen LogP contribution in [0, 0.1) is 11.7 Å². The van der Waals surface area contributed by atoms with Gasteiger partial charge >= 0.3 is 0 Å². The Morgan fingerprint density at radius 2 is 1.82 bits per heavy atom. The van der Waals surface area contributed by atoms with Crippen LogP contribution in [0.15, 0.2) is 24.3 Å². The average molecular weight is 383 g/mol. The van der Waals surface area contributed by atoms with Gasteiger partial charge in [0.05, 0.1) is 16.8 Å². The molecule has 0 radical (unpaired) electrons. The molecule has 5 rings (SSSR count). The van der Waals surface area contributed by atoms with Gasteiger partial charge in [0.1, 0.15) is 11.9 Å². The molecule has 1 aromatic carbocycles. The van der Waals surface area contributed by atoms with E-state index in [2.05, 4.69) is 17.5 Å². The highest BCUT2D eigenvalue weighted by Crippen LogP contribution is 2.39. The molecule has 1 N–H and O–H groups in total. The molecule has 0 aromatic heterocycles. The largest absolute Gasteiger partial charge is 0.365 e. The van der Waals surface area contributed by atoms with Crippen LogP contribution in [0.2, 0.25) is 0 Å². The molecule has 3 heterocycles. The minimum absolute atomic E-state index is 0.0313. The molecule has 144 valence electrons. The lowest BCUT2D eigenvalue weighted by atomic mass is 9.97. The number of rotatable bonds is 2. The Hall–Kier alpha value is -3.03. The summed E-state index contributed by atoms with van der Waals surface area (Å²) in [6.45, 7) is 0.676. The number of nitrogens with zero attached hydrogens (tertiary/aromatic N) is 2. The maximum Gasteiger partial charge on any atom is 0.262 e. The monoisotopic (exact) mass is 383 g/mol. The van der Waals surface area contributed by atoms with Gasteiger partial charge in [0.25, 0.3) is 11.8 Å². The zero-order chi connectivity index (χ0) is 19.6. The standard InChI is InChI=1S/C20H18FN3O4/c21-14-7-12-13(8-16(14)23-9-10-2-1-3-11(23)6-10)20(28)24(19(12)27)15-4-5-17(25)22-18(15)26/h1-2,7-8,10-11,15H,3-6,9H2,(H,22,25,26). The van der Waals surface area contributed by atoms with E-state index in [0.29, 0.717) is 18.2 Å². The summed E-state index contributed by atoms with van der Waals surface area (Å²) in [5, 5.41) is 2.15. The van der Waals surface area contributed by atoms with Gasteiger partial charge in [-0.1, -0.05) is 12.2 Å². The quantitative estimate of drug-likeness (QED) is 0.616. The Balaban J connectivity index is 1.49. The summed E-state index contributed by atoms with van der Waals surface area (Å²) in [6, 6.07) is 1.68. The van der Waals surface area contributed by atoms with E-state index < -0.39 is 35.5 Å². The van der Waals surface area contributed by atoms with E-state index in [1.165, 1.54) is 6.07 Å². The van der Waals surface area contributed by atoms with Gasteiger partial charge in [-0.25, -0.2) is 4.39 Å². The molecule has 1 aliphatic carbocycles. The maximum absolute atomic E-state index is 14.9. The van der Waals surface area contributed by atoms with Crippen molar-refractivity contribution in [1.82, 2.24) is 10.2 Å². The fourth-order valence-corrected chi connectivity index (χ4v) is 4.74. The lowest BCUT2D eigenvalue weighted by molar-refractivity contribution is -0.136. The lowest BCUT2D eigenvalue weighted by Gasteiger charge is -2.27.